The van der Waals surface area contributed by atoms with Crippen molar-refractivity contribution >= 4 is 29.1 Å². The van der Waals surface area contributed by atoms with Gasteiger partial charge in [0.15, 0.2) is 5.11 Å². The Balaban J connectivity index is 1.88. The van der Waals surface area contributed by atoms with Gasteiger partial charge in [-0.25, -0.2) is 4.79 Å². The molecule has 0 unspecified atom stereocenters. The zero-order chi connectivity index (χ0) is 16.1. The number of piperazine rings is 1. The summed E-state index contributed by atoms with van der Waals surface area (Å²) in [6, 6.07) is 6.29. The van der Waals surface area contributed by atoms with Gasteiger partial charge in [-0.05, 0) is 56.2 Å². The zero-order valence-electron chi connectivity index (χ0n) is 13.4. The Morgan fingerprint density at radius 2 is 1.68 bits per heavy atom. The van der Waals surface area contributed by atoms with E-state index < -0.39 is 0 Å². The van der Waals surface area contributed by atoms with E-state index in [9.17, 15) is 4.79 Å². The molecule has 120 valence electrons. The van der Waals surface area contributed by atoms with Crippen molar-refractivity contribution in [2.24, 2.45) is 0 Å². The van der Waals surface area contributed by atoms with Crippen molar-refractivity contribution < 1.29 is 9.53 Å². The summed E-state index contributed by atoms with van der Waals surface area (Å²) >= 11 is 5.48. The Hall–Kier alpha value is -1.82. The number of anilines is 1. The van der Waals surface area contributed by atoms with Gasteiger partial charge in [0.25, 0.3) is 0 Å². The third kappa shape index (κ3) is 4.34. The van der Waals surface area contributed by atoms with Gasteiger partial charge in [-0.15, -0.1) is 0 Å². The van der Waals surface area contributed by atoms with Gasteiger partial charge >= 0.3 is 6.09 Å². The van der Waals surface area contributed by atoms with E-state index in [1.54, 1.807) is 4.90 Å². The molecular weight excluding hydrogens is 298 g/mol. The minimum atomic E-state index is -0.240. The van der Waals surface area contributed by atoms with E-state index in [2.05, 4.69) is 42.3 Å². The number of nitrogens with zero attached hydrogens (tertiary/aromatic N) is 2. The van der Waals surface area contributed by atoms with E-state index in [1.165, 1.54) is 11.1 Å². The first-order valence-corrected chi connectivity index (χ1v) is 7.96. The Morgan fingerprint density at radius 1 is 1.14 bits per heavy atom. The topological polar surface area (TPSA) is 44.8 Å². The molecular formula is C16H23N3O2S. The summed E-state index contributed by atoms with van der Waals surface area (Å²) in [5, 5.41) is 3.99. The number of rotatable bonds is 2. The van der Waals surface area contributed by atoms with Crippen LogP contribution in [0.2, 0.25) is 0 Å². The van der Waals surface area contributed by atoms with Crippen LogP contribution in [0.1, 0.15) is 18.1 Å². The van der Waals surface area contributed by atoms with E-state index >= 15 is 0 Å². The van der Waals surface area contributed by atoms with Crippen LogP contribution in [0.5, 0.6) is 0 Å². The van der Waals surface area contributed by atoms with Crippen LogP contribution in [-0.2, 0) is 4.74 Å². The van der Waals surface area contributed by atoms with Gasteiger partial charge in [0, 0.05) is 31.9 Å². The highest BCUT2D eigenvalue weighted by Crippen LogP contribution is 2.15. The zero-order valence-corrected chi connectivity index (χ0v) is 14.2. The van der Waals surface area contributed by atoms with Crippen LogP contribution in [0, 0.1) is 13.8 Å². The molecule has 1 N–H and O–H groups in total. The lowest BCUT2D eigenvalue weighted by Gasteiger charge is -2.35. The van der Waals surface area contributed by atoms with Crippen molar-refractivity contribution in [2.75, 3.05) is 38.1 Å². The number of benzene rings is 1. The Kier molecular flexibility index (Phi) is 5.60. The SMILES string of the molecule is CCOC(=O)N1CCN(C(=S)Nc2cc(C)cc(C)c2)CC1. The number of hydrogen-bond acceptors (Lipinski definition) is 3. The lowest BCUT2D eigenvalue weighted by atomic mass is 10.1. The molecule has 1 aromatic carbocycles. The van der Waals surface area contributed by atoms with E-state index in [0.29, 0.717) is 24.8 Å². The molecule has 1 fully saturated rings. The predicted octanol–water partition coefficient (Wildman–Crippen LogP) is 2.77. The number of aryl methyl sites for hydroxylation is 2. The molecule has 0 radical (unpaired) electrons. The van der Waals surface area contributed by atoms with Crippen LogP contribution in [0.4, 0.5) is 10.5 Å². The van der Waals surface area contributed by atoms with Gasteiger partial charge < -0.3 is 19.9 Å². The molecule has 0 saturated carbocycles. The van der Waals surface area contributed by atoms with Crippen molar-refractivity contribution in [3.8, 4) is 0 Å². The average molecular weight is 321 g/mol. The minimum Gasteiger partial charge on any atom is -0.450 e. The number of thiocarbonyl (C=S) groups is 1. The highest BCUT2D eigenvalue weighted by molar-refractivity contribution is 7.80. The molecule has 2 rings (SSSR count). The van der Waals surface area contributed by atoms with Crippen LogP contribution >= 0.6 is 12.2 Å². The van der Waals surface area contributed by atoms with E-state index in [0.717, 1.165) is 18.8 Å². The molecule has 1 amide bonds. The fourth-order valence-corrected chi connectivity index (χ4v) is 2.86. The third-order valence-corrected chi connectivity index (χ3v) is 3.93. The Bertz CT molecular complexity index is 534. The molecule has 1 aliphatic heterocycles. The van der Waals surface area contributed by atoms with E-state index in [1.807, 2.05) is 6.92 Å². The van der Waals surface area contributed by atoms with Crippen molar-refractivity contribution in [3.63, 3.8) is 0 Å². The number of carbonyl (C=O) groups excluding carboxylic acids is 1. The highest BCUT2D eigenvalue weighted by Gasteiger charge is 2.23. The predicted molar refractivity (Wildman–Crippen MR) is 92.3 cm³/mol. The fraction of sp³-hybridized carbons (Fsp3) is 0.500. The smallest absolute Gasteiger partial charge is 0.409 e. The summed E-state index contributed by atoms with van der Waals surface area (Å²) in [7, 11) is 0. The van der Waals surface area contributed by atoms with Crippen LogP contribution in [0.15, 0.2) is 18.2 Å². The van der Waals surface area contributed by atoms with Crippen molar-refractivity contribution in [1.82, 2.24) is 9.80 Å². The van der Waals surface area contributed by atoms with Crippen molar-refractivity contribution in [3.05, 3.63) is 29.3 Å². The van der Waals surface area contributed by atoms with Gasteiger partial charge in [-0.1, -0.05) is 6.07 Å². The molecule has 0 spiro atoms. The van der Waals surface area contributed by atoms with Gasteiger partial charge in [-0.2, -0.15) is 0 Å². The summed E-state index contributed by atoms with van der Waals surface area (Å²) < 4.78 is 5.02. The first kappa shape index (κ1) is 16.5. The van der Waals surface area contributed by atoms with Gasteiger partial charge in [0.2, 0.25) is 0 Å². The highest BCUT2D eigenvalue weighted by atomic mass is 32.1. The second-order valence-corrected chi connectivity index (χ2v) is 5.87. The maximum absolute atomic E-state index is 11.7. The first-order valence-electron chi connectivity index (χ1n) is 7.55. The largest absolute Gasteiger partial charge is 0.450 e. The van der Waals surface area contributed by atoms with E-state index in [4.69, 9.17) is 17.0 Å². The molecule has 1 aromatic rings. The van der Waals surface area contributed by atoms with Crippen LogP contribution in [0.25, 0.3) is 0 Å². The third-order valence-electron chi connectivity index (χ3n) is 3.57. The summed E-state index contributed by atoms with van der Waals surface area (Å²) in [4.78, 5) is 15.5. The molecule has 1 aliphatic rings. The quantitative estimate of drug-likeness (QED) is 0.849. The summed E-state index contributed by atoms with van der Waals surface area (Å²) in [5.74, 6) is 0. The summed E-state index contributed by atoms with van der Waals surface area (Å²) in [5.41, 5.74) is 3.42. The van der Waals surface area contributed by atoms with Crippen LogP contribution < -0.4 is 5.32 Å². The molecule has 1 heterocycles. The van der Waals surface area contributed by atoms with Gasteiger partial charge in [-0.3, -0.25) is 0 Å². The summed E-state index contributed by atoms with van der Waals surface area (Å²) in [6.45, 7) is 9.06. The number of amides is 1. The molecule has 0 aromatic heterocycles. The molecule has 22 heavy (non-hydrogen) atoms. The summed E-state index contributed by atoms with van der Waals surface area (Å²) in [6.07, 6.45) is -0.240. The standard InChI is InChI=1S/C16H23N3O2S/c1-4-21-16(20)19-7-5-18(6-8-19)15(22)17-14-10-12(2)9-13(3)11-14/h9-11H,4-8H2,1-3H3,(H,17,22). The lowest BCUT2D eigenvalue weighted by Crippen LogP contribution is -2.51. The maximum atomic E-state index is 11.7. The van der Waals surface area contributed by atoms with Gasteiger partial charge in [0.1, 0.15) is 0 Å². The Labute approximate surface area is 137 Å². The van der Waals surface area contributed by atoms with Crippen LogP contribution in [-0.4, -0.2) is 53.8 Å². The second kappa shape index (κ2) is 7.45. The average Bonchev–Trinajstić information content (AvgIpc) is 2.46. The lowest BCUT2D eigenvalue weighted by molar-refractivity contribution is 0.0923. The first-order chi connectivity index (χ1) is 10.5. The number of carbonyl (C=O) groups is 1. The fourth-order valence-electron chi connectivity index (χ4n) is 2.56. The monoisotopic (exact) mass is 321 g/mol. The molecule has 0 atom stereocenters. The second-order valence-electron chi connectivity index (χ2n) is 5.48. The number of hydrogen-bond donors (Lipinski definition) is 1. The molecule has 0 aliphatic carbocycles. The minimum absolute atomic E-state index is 0.240. The molecule has 0 bridgehead atoms. The van der Waals surface area contributed by atoms with Gasteiger partial charge in [0.05, 0.1) is 6.61 Å². The van der Waals surface area contributed by atoms with Crippen molar-refractivity contribution in [2.45, 2.75) is 20.8 Å². The maximum Gasteiger partial charge on any atom is 0.409 e. The normalized spacial score (nSPS) is 14.7. The van der Waals surface area contributed by atoms with Crippen molar-refractivity contribution in [1.29, 1.82) is 0 Å². The molecule has 1 saturated heterocycles. The number of ether oxygens (including phenoxy) is 1. The van der Waals surface area contributed by atoms with E-state index in [-0.39, 0.29) is 6.09 Å². The van der Waals surface area contributed by atoms with Crippen LogP contribution in [0.3, 0.4) is 0 Å². The molecule has 5 nitrogen and oxygen atoms in total. The number of nitrogens with one attached hydrogen (secondary N) is 1. The molecule has 6 heteroatoms. The Morgan fingerprint density at radius 3 is 2.23 bits per heavy atom.